The molecule has 0 spiro atoms. The van der Waals surface area contributed by atoms with E-state index >= 15 is 0 Å². The summed E-state index contributed by atoms with van der Waals surface area (Å²) in [6.45, 7) is 2.62. The van der Waals surface area contributed by atoms with Crippen molar-refractivity contribution in [1.29, 1.82) is 0 Å². The number of hydrogen-bond acceptors (Lipinski definition) is 6. The van der Waals surface area contributed by atoms with Gasteiger partial charge in [0.25, 0.3) is 5.91 Å². The van der Waals surface area contributed by atoms with Crippen LogP contribution < -0.4 is 10.6 Å². The number of anilines is 2. The van der Waals surface area contributed by atoms with E-state index in [0.717, 1.165) is 24.1 Å². The average Bonchev–Trinajstić information content (AvgIpc) is 3.17. The van der Waals surface area contributed by atoms with Crippen molar-refractivity contribution < 1.29 is 14.0 Å². The smallest absolute Gasteiger partial charge is 0.273 e. The number of hydrogen-bond donors (Lipinski definition) is 2. The van der Waals surface area contributed by atoms with Crippen LogP contribution in [0.1, 0.15) is 41.1 Å². The summed E-state index contributed by atoms with van der Waals surface area (Å²) in [6.07, 6.45) is 3.90. The van der Waals surface area contributed by atoms with E-state index in [4.69, 9.17) is 4.42 Å². The highest BCUT2D eigenvalue weighted by atomic mass is 32.1. The quantitative estimate of drug-likeness (QED) is 0.540. The minimum Gasteiger partial charge on any atom is -0.467 e. The highest BCUT2D eigenvalue weighted by molar-refractivity contribution is 7.14. The Balaban J connectivity index is 1.43. The molecule has 2 heterocycles. The summed E-state index contributed by atoms with van der Waals surface area (Å²) in [5.41, 5.74) is 2.42. The van der Waals surface area contributed by atoms with E-state index in [0.29, 0.717) is 35.7 Å². The molecular weight excluding hydrogens is 400 g/mol. The predicted octanol–water partition coefficient (Wildman–Crippen LogP) is 4.10. The zero-order chi connectivity index (χ0) is 20.9. The molecule has 1 aromatic carbocycles. The summed E-state index contributed by atoms with van der Waals surface area (Å²) in [5, 5.41) is 8.58. The fourth-order valence-corrected chi connectivity index (χ4v) is 3.75. The second kappa shape index (κ2) is 9.13. The largest absolute Gasteiger partial charge is 0.467 e. The second-order valence-corrected chi connectivity index (χ2v) is 8.29. The molecule has 0 atom stereocenters. The molecule has 4 rings (SSSR count). The molecule has 1 aliphatic carbocycles. The molecule has 7 nitrogen and oxygen atoms in total. The summed E-state index contributed by atoms with van der Waals surface area (Å²) >= 11 is 1.37. The van der Waals surface area contributed by atoms with Gasteiger partial charge in [-0.3, -0.25) is 9.59 Å². The van der Waals surface area contributed by atoms with Gasteiger partial charge in [-0.2, -0.15) is 0 Å². The molecule has 0 unspecified atom stereocenters. The maximum atomic E-state index is 13.1. The number of amides is 2. The van der Waals surface area contributed by atoms with Crippen LogP contribution in [0.4, 0.5) is 10.8 Å². The van der Waals surface area contributed by atoms with Crippen LogP contribution in [-0.4, -0.2) is 34.3 Å². The Bertz CT molecular complexity index is 1010. The maximum absolute atomic E-state index is 13.1. The van der Waals surface area contributed by atoms with Gasteiger partial charge < -0.3 is 20.0 Å². The number of benzene rings is 1. The first-order chi connectivity index (χ1) is 14.6. The molecule has 3 aromatic rings. The van der Waals surface area contributed by atoms with Gasteiger partial charge in [0.15, 0.2) is 5.13 Å². The molecule has 0 bridgehead atoms. The third-order valence-corrected chi connectivity index (χ3v) is 5.52. The van der Waals surface area contributed by atoms with Crippen molar-refractivity contribution >= 4 is 34.0 Å². The van der Waals surface area contributed by atoms with Crippen LogP contribution in [0.3, 0.4) is 0 Å². The van der Waals surface area contributed by atoms with E-state index in [2.05, 4.69) is 15.6 Å². The Morgan fingerprint density at radius 2 is 2.13 bits per heavy atom. The van der Waals surface area contributed by atoms with Crippen molar-refractivity contribution in [3.05, 3.63) is 65.1 Å². The number of rotatable bonds is 9. The van der Waals surface area contributed by atoms with Gasteiger partial charge in [0, 0.05) is 30.1 Å². The summed E-state index contributed by atoms with van der Waals surface area (Å²) in [5.74, 6) is 0.410. The number of furan rings is 1. The third kappa shape index (κ3) is 5.48. The van der Waals surface area contributed by atoms with Crippen LogP contribution in [0.5, 0.6) is 0 Å². The molecule has 1 aliphatic rings. The first-order valence-electron chi connectivity index (χ1n) is 9.97. The fraction of sp³-hybridized carbons (Fsp3) is 0.318. The molecule has 2 amide bonds. The number of aryl methyl sites for hydroxylation is 1. The number of carbonyl (C=O) groups excluding carboxylic acids is 2. The van der Waals surface area contributed by atoms with Gasteiger partial charge in [-0.25, -0.2) is 4.98 Å². The van der Waals surface area contributed by atoms with Crippen molar-refractivity contribution in [1.82, 2.24) is 15.2 Å². The van der Waals surface area contributed by atoms with Crippen LogP contribution in [0.25, 0.3) is 0 Å². The van der Waals surface area contributed by atoms with Crippen molar-refractivity contribution in [3.8, 4) is 0 Å². The number of nitrogens with one attached hydrogen (secondary N) is 2. The fourth-order valence-electron chi connectivity index (χ4n) is 3.04. The highest BCUT2D eigenvalue weighted by Gasteiger charge is 2.25. The number of thiazole rings is 1. The number of aromatic nitrogens is 1. The minimum atomic E-state index is -0.223. The molecule has 30 heavy (non-hydrogen) atoms. The Morgan fingerprint density at radius 1 is 1.27 bits per heavy atom. The van der Waals surface area contributed by atoms with Gasteiger partial charge in [0.1, 0.15) is 11.5 Å². The Hall–Kier alpha value is -3.13. The van der Waals surface area contributed by atoms with E-state index in [1.165, 1.54) is 11.3 Å². The Labute approximate surface area is 179 Å². The van der Waals surface area contributed by atoms with E-state index < -0.39 is 0 Å². The van der Waals surface area contributed by atoms with Gasteiger partial charge in [0.05, 0.1) is 12.8 Å². The SMILES string of the molecule is Cc1cccc(Nc2nc(C(=O)N(CCC(=O)NC3CC3)Cc3ccco3)cs2)c1. The molecule has 8 heteroatoms. The molecule has 2 N–H and O–H groups in total. The van der Waals surface area contributed by atoms with Crippen LogP contribution in [-0.2, 0) is 11.3 Å². The van der Waals surface area contributed by atoms with Gasteiger partial charge in [-0.05, 0) is 49.6 Å². The van der Waals surface area contributed by atoms with E-state index in [9.17, 15) is 9.59 Å². The maximum Gasteiger partial charge on any atom is 0.273 e. The van der Waals surface area contributed by atoms with Crippen LogP contribution in [0.15, 0.2) is 52.5 Å². The molecule has 1 fully saturated rings. The van der Waals surface area contributed by atoms with Crippen molar-refractivity contribution in [2.75, 3.05) is 11.9 Å². The Morgan fingerprint density at radius 3 is 2.87 bits per heavy atom. The molecule has 156 valence electrons. The van der Waals surface area contributed by atoms with Crippen LogP contribution in [0.2, 0.25) is 0 Å². The normalized spacial score (nSPS) is 13.1. The topological polar surface area (TPSA) is 87.5 Å². The minimum absolute atomic E-state index is 0.0326. The monoisotopic (exact) mass is 424 g/mol. The molecule has 0 aliphatic heterocycles. The molecule has 2 aromatic heterocycles. The van der Waals surface area contributed by atoms with E-state index in [1.807, 2.05) is 37.3 Å². The summed E-state index contributed by atoms with van der Waals surface area (Å²) in [4.78, 5) is 31.3. The van der Waals surface area contributed by atoms with Crippen LogP contribution >= 0.6 is 11.3 Å². The lowest BCUT2D eigenvalue weighted by molar-refractivity contribution is -0.121. The summed E-state index contributed by atoms with van der Waals surface area (Å²) in [7, 11) is 0. The first kappa shape index (κ1) is 20.2. The average molecular weight is 425 g/mol. The number of carbonyl (C=O) groups is 2. The predicted molar refractivity (Wildman–Crippen MR) is 116 cm³/mol. The van der Waals surface area contributed by atoms with Gasteiger partial charge in [-0.15, -0.1) is 11.3 Å². The molecule has 1 saturated carbocycles. The Kier molecular flexibility index (Phi) is 6.13. The summed E-state index contributed by atoms with van der Waals surface area (Å²) < 4.78 is 5.40. The van der Waals surface area contributed by atoms with Crippen molar-refractivity contribution in [3.63, 3.8) is 0 Å². The lowest BCUT2D eigenvalue weighted by Gasteiger charge is -2.20. The zero-order valence-electron chi connectivity index (χ0n) is 16.8. The molecular formula is C22H24N4O3S. The third-order valence-electron chi connectivity index (χ3n) is 4.76. The van der Waals surface area contributed by atoms with E-state index in [1.54, 1.807) is 22.6 Å². The van der Waals surface area contributed by atoms with Crippen molar-refractivity contribution in [2.45, 2.75) is 38.8 Å². The highest BCUT2D eigenvalue weighted by Crippen LogP contribution is 2.23. The van der Waals surface area contributed by atoms with Crippen LogP contribution in [0, 0.1) is 6.92 Å². The zero-order valence-corrected chi connectivity index (χ0v) is 17.6. The van der Waals surface area contributed by atoms with Gasteiger partial charge >= 0.3 is 0 Å². The second-order valence-electron chi connectivity index (χ2n) is 7.43. The van der Waals surface area contributed by atoms with Gasteiger partial charge in [0.2, 0.25) is 5.91 Å². The molecule has 0 saturated heterocycles. The summed E-state index contributed by atoms with van der Waals surface area (Å²) in [6, 6.07) is 11.9. The standard InChI is InChI=1S/C22H24N4O3S/c1-15-4-2-5-17(12-15)24-22-25-19(14-30-22)21(28)26(13-18-6-3-11-29-18)10-9-20(27)23-16-7-8-16/h2-6,11-12,14,16H,7-10,13H2,1H3,(H,23,27)(H,24,25). The first-order valence-corrected chi connectivity index (χ1v) is 10.8. The lowest BCUT2D eigenvalue weighted by atomic mass is 10.2. The molecule has 0 radical (unpaired) electrons. The van der Waals surface area contributed by atoms with E-state index in [-0.39, 0.29) is 18.2 Å². The number of nitrogens with zero attached hydrogens (tertiary/aromatic N) is 2. The van der Waals surface area contributed by atoms with Crippen molar-refractivity contribution in [2.24, 2.45) is 0 Å². The van der Waals surface area contributed by atoms with Gasteiger partial charge in [-0.1, -0.05) is 12.1 Å². The lowest BCUT2D eigenvalue weighted by Crippen LogP contribution is -2.35.